The molecule has 14 nitrogen and oxygen atoms in total. The van der Waals surface area contributed by atoms with Gasteiger partial charge in [0.1, 0.15) is 0 Å². The standard InChI is InChI=1S/C14H27N.C8H19N.3C8H16O.2C8H18O.C8H18.C7H16O2.C7H14O.2C7H16O.C7H16.C7H14.C6H15N.C6H14O.2C6H14/c1-12(2)13-6-8-14(9-7-13)15-10-4-3-5-11-15;1-8(2,3)6-7-9(4)5;1-8(2,3)7-4-6(7)5-9;1-8(2,3)6-4-7(9)5-6;1-7(2,3)8(6-9)4-5-8;1-7(2,3)8(4,5)6-9;1-5-9-7-6-8(2,3)4;1-5-6-7-8(2,3)4;1-7(2,3)6(4-8)5-9;1-7(2,3)5-4-6(5)8;1-6(5-8)7(2,3)4;1-7(2,3)5-4-6-8;2*1-5-6-7(2,3)4;2*1-6(2,3)4-5-7;2*1-5-6(2,3)4/h12-14H,3-11H2,1-2H3;6-7H2,1-5H3;2*6-7,9H,4-5H2,1-3H3;9H,4-6H2,1-3H3;9H,6H2,1-5H3;5-7H2,1-4H3;5-7H2,1-4H3;6,8-9H,4-5H2,1-3H3;5-6,8H,4H2,1-3H3;6,8H,5H2,1-4H3;8H,4-6H2,1-3H3;5-6H2,1-4H3;5H,1,6H2,2-4H3;4-5,7H2,1-3H3;7H,4-5H2,1-3H3;2*5H2,1-4H3. The number of hydrogen-bond donors (Lipinski definition) is 11. The zero-order chi connectivity index (χ0) is 122. The molecule has 1 saturated heterocycles. The van der Waals surface area contributed by atoms with Crippen molar-refractivity contribution in [1.29, 1.82) is 0 Å². The molecule has 0 aromatic rings. The summed E-state index contributed by atoms with van der Waals surface area (Å²) in [6.07, 6.45) is 35.8. The fourth-order valence-electron chi connectivity index (χ4n) is 14.1. The molecule has 5 atom stereocenters. The lowest BCUT2D eigenvalue weighted by Gasteiger charge is -2.41. The Kier molecular flexibility index (Phi) is 97.8. The molecule has 6 aliphatic rings. The smallest absolute Gasteiger partial charge is 0.0578 e. The van der Waals surface area contributed by atoms with Gasteiger partial charge >= 0.3 is 0 Å². The average Bonchev–Trinajstić information content (AvgIpc) is 1.61. The molecule has 14 heteroatoms. The van der Waals surface area contributed by atoms with Crippen molar-refractivity contribution in [2.45, 2.75) is 614 Å². The van der Waals surface area contributed by atoms with Gasteiger partial charge in [-0.15, -0.1) is 6.58 Å². The van der Waals surface area contributed by atoms with Crippen LogP contribution in [0.4, 0.5) is 0 Å². The lowest BCUT2D eigenvalue weighted by atomic mass is 9.67. The molecule has 1 aliphatic heterocycles. The number of aliphatic hydroxyl groups is 10. The summed E-state index contributed by atoms with van der Waals surface area (Å²) in [4.78, 5) is 5.01. The van der Waals surface area contributed by atoms with Gasteiger partial charge in [-0.1, -0.05) is 460 Å². The first-order valence-corrected chi connectivity index (χ1v) is 61.1. The third-order valence-electron chi connectivity index (χ3n) is 30.2. The number of likely N-dealkylation sites (tertiary alicyclic amines) is 1. The highest BCUT2D eigenvalue weighted by Gasteiger charge is 2.51. The first-order valence-electron chi connectivity index (χ1n) is 61.1. The number of unbranched alkanes of at least 4 members (excludes halogenated alkanes) is 1. The molecule has 0 spiro atoms. The Morgan fingerprint density at radius 1 is 0.413 bits per heavy atom. The Hall–Kier alpha value is -0.820. The van der Waals surface area contributed by atoms with Gasteiger partial charge in [0.25, 0.3) is 0 Å². The second-order valence-corrected chi connectivity index (χ2v) is 66.4. The van der Waals surface area contributed by atoms with Crippen molar-refractivity contribution in [3.05, 3.63) is 12.7 Å². The number of ether oxygens (including phenoxy) is 1. The zero-order valence-corrected chi connectivity index (χ0v) is 115. The largest absolute Gasteiger partial charge is 0.396 e. The van der Waals surface area contributed by atoms with Crippen LogP contribution in [0, 0.1) is 150 Å². The number of aliphatic hydroxyl groups excluding tert-OH is 10. The van der Waals surface area contributed by atoms with Crippen LogP contribution in [0.3, 0.4) is 0 Å². The molecule has 0 radical (unpaired) electrons. The third-order valence-corrected chi connectivity index (χ3v) is 30.2. The SMILES string of the molecule is C=CCC(C)(C)C.CC(C)(C)C(C)(C)CO.CC(C)(C)C(CO)CO.CC(C)(C)C1(CO)CC1.CC(C)(C)C1CC(O)C1.CC(C)(C)C1CC1CO.CC(C)(C)C1CC1O.CC(C)(C)CCCO.CC(C)(C)CCN.CC(C)(C)CCO.CC(C)C1CCC(N2CCCCC2)CC1.CC(CO)C(C)(C)C.CCC(C)(C)C.CCC(C)(C)C.CCCC(C)(C)C.CCCCC(C)(C)C.CCOCCC(C)(C)C.CN(C)CCC(C)(C)C. The van der Waals surface area contributed by atoms with Crippen molar-refractivity contribution in [3.63, 3.8) is 0 Å². The quantitative estimate of drug-likeness (QED) is 0.0378. The minimum Gasteiger partial charge on any atom is -0.396 e. The molecule has 6 rings (SSSR count). The van der Waals surface area contributed by atoms with E-state index in [1.54, 1.807) is 0 Å². The Bertz CT molecular complexity index is 2780. The summed E-state index contributed by atoms with van der Waals surface area (Å²) < 4.78 is 5.21. The van der Waals surface area contributed by atoms with Crippen LogP contribution in [0.15, 0.2) is 12.7 Å². The Balaban J connectivity index is -0.000000135. The fraction of sp³-hybridized carbons (Fsp3) is 0.985. The lowest BCUT2D eigenvalue weighted by Crippen LogP contribution is -2.41. The van der Waals surface area contributed by atoms with Crippen molar-refractivity contribution in [2.75, 3.05) is 106 Å². The van der Waals surface area contributed by atoms with Gasteiger partial charge in [-0.25, -0.2) is 0 Å². The normalized spacial score (nSPS) is 19.5. The number of piperidine rings is 1. The number of rotatable bonds is 21. The van der Waals surface area contributed by atoms with Crippen molar-refractivity contribution >= 4 is 0 Å². The summed E-state index contributed by atoms with van der Waals surface area (Å²) in [5, 5.41) is 87.5. The second-order valence-electron chi connectivity index (χ2n) is 66.4. The summed E-state index contributed by atoms with van der Waals surface area (Å²) >= 11 is 0. The highest BCUT2D eigenvalue weighted by atomic mass is 16.5. The van der Waals surface area contributed by atoms with E-state index in [1.807, 2.05) is 33.8 Å². The Labute approximate surface area is 948 Å². The summed E-state index contributed by atoms with van der Waals surface area (Å²) in [5.74, 6) is 5.07. The summed E-state index contributed by atoms with van der Waals surface area (Å²) in [6.45, 7) is 146. The molecule has 0 bridgehead atoms. The maximum Gasteiger partial charge on any atom is 0.0578 e. The molecule has 6 fully saturated rings. The number of nitrogens with two attached hydrogens (primary N) is 1. The van der Waals surface area contributed by atoms with Crippen LogP contribution < -0.4 is 5.73 Å². The molecular formula is C136H297N3O11. The molecule has 12 N–H and O–H groups in total. The van der Waals surface area contributed by atoms with Gasteiger partial charge in [0.2, 0.25) is 0 Å². The van der Waals surface area contributed by atoms with Crippen LogP contribution >= 0.6 is 0 Å². The summed E-state index contributed by atoms with van der Waals surface area (Å²) in [5.41, 5.74) is 12.2. The van der Waals surface area contributed by atoms with Gasteiger partial charge in [0.15, 0.2) is 0 Å². The van der Waals surface area contributed by atoms with Crippen LogP contribution in [0.5, 0.6) is 0 Å². The molecule has 5 saturated carbocycles. The predicted molar refractivity (Wildman–Crippen MR) is 678 cm³/mol. The number of hydrogen-bond acceptors (Lipinski definition) is 14. The van der Waals surface area contributed by atoms with Crippen LogP contribution in [-0.4, -0.2) is 185 Å². The molecule has 0 amide bonds. The van der Waals surface area contributed by atoms with Crippen LogP contribution in [0.25, 0.3) is 0 Å². The van der Waals surface area contributed by atoms with Gasteiger partial charge in [-0.05, 0) is 326 Å². The van der Waals surface area contributed by atoms with Crippen molar-refractivity contribution in [3.8, 4) is 0 Å². The van der Waals surface area contributed by atoms with E-state index in [9.17, 15) is 0 Å². The van der Waals surface area contributed by atoms with E-state index in [1.165, 1.54) is 135 Å². The van der Waals surface area contributed by atoms with Gasteiger partial charge in [-0.2, -0.15) is 0 Å². The highest BCUT2D eigenvalue weighted by molar-refractivity contribution is 5.01. The van der Waals surface area contributed by atoms with Crippen molar-refractivity contribution in [2.24, 2.45) is 156 Å². The first kappa shape index (κ1) is 174. The average molecular weight is 2150 g/mol. The first-order chi connectivity index (χ1) is 66.6. The van der Waals surface area contributed by atoms with Crippen LogP contribution in [0.1, 0.15) is 596 Å². The van der Waals surface area contributed by atoms with E-state index in [4.69, 9.17) is 61.5 Å². The van der Waals surface area contributed by atoms with E-state index in [-0.39, 0.29) is 65.0 Å². The molecule has 5 unspecified atom stereocenters. The molecule has 5 aliphatic carbocycles. The summed E-state index contributed by atoms with van der Waals surface area (Å²) in [7, 11) is 4.23. The number of allylic oxidation sites excluding steroid dienone is 1. The van der Waals surface area contributed by atoms with Crippen LogP contribution in [0.2, 0.25) is 0 Å². The molecule has 150 heavy (non-hydrogen) atoms. The van der Waals surface area contributed by atoms with E-state index < -0.39 is 0 Å². The second kappa shape index (κ2) is 84.3. The van der Waals surface area contributed by atoms with E-state index in [2.05, 4.69) is 425 Å². The third kappa shape index (κ3) is 129. The predicted octanol–water partition coefficient (Wildman–Crippen LogP) is 37.3. The van der Waals surface area contributed by atoms with Gasteiger partial charge in [0, 0.05) is 78.0 Å². The summed E-state index contributed by atoms with van der Waals surface area (Å²) in [6, 6.07) is 0.945. The van der Waals surface area contributed by atoms with E-state index in [0.29, 0.717) is 127 Å². The molecule has 0 aromatic heterocycles. The maximum absolute atomic E-state index is 8.99. The van der Waals surface area contributed by atoms with E-state index in [0.717, 1.165) is 107 Å². The fourth-order valence-corrected chi connectivity index (χ4v) is 14.1. The maximum atomic E-state index is 8.99. The minimum atomic E-state index is 0.00854. The van der Waals surface area contributed by atoms with Crippen molar-refractivity contribution in [1.82, 2.24) is 9.80 Å². The topological polar surface area (TPSA) is 244 Å². The van der Waals surface area contributed by atoms with E-state index >= 15 is 0 Å². The molecule has 1 heterocycles. The minimum absolute atomic E-state index is 0.00854. The van der Waals surface area contributed by atoms with Crippen LogP contribution in [-0.2, 0) is 4.74 Å². The molecule has 0 aromatic carbocycles. The Morgan fingerprint density at radius 3 is 0.893 bits per heavy atom. The monoisotopic (exact) mass is 2150 g/mol. The molecule has 922 valence electrons. The highest BCUT2D eigenvalue weighted by Crippen LogP contribution is 2.58. The molecular weight excluding hydrogens is 1850 g/mol. The lowest BCUT2D eigenvalue weighted by molar-refractivity contribution is -0.00927. The van der Waals surface area contributed by atoms with Gasteiger partial charge in [-0.3, -0.25) is 0 Å². The van der Waals surface area contributed by atoms with Gasteiger partial charge in [0.05, 0.1) is 12.2 Å². The van der Waals surface area contributed by atoms with Gasteiger partial charge < -0.3 is 71.3 Å². The zero-order valence-electron chi connectivity index (χ0n) is 115. The Morgan fingerprint density at radius 2 is 0.787 bits per heavy atom. The number of nitrogens with zero attached hydrogens (tertiary/aromatic N) is 2. The van der Waals surface area contributed by atoms with Crippen molar-refractivity contribution < 1.29 is 55.8 Å².